The first kappa shape index (κ1) is 11.2. The zero-order valence-corrected chi connectivity index (χ0v) is 10.1. The van der Waals surface area contributed by atoms with Gasteiger partial charge in [0, 0.05) is 31.4 Å². The fourth-order valence-electron chi connectivity index (χ4n) is 1.85. The number of thioether (sulfide) groups is 1. The summed E-state index contributed by atoms with van der Waals surface area (Å²) in [5.74, 6) is 1.13. The van der Waals surface area contributed by atoms with E-state index in [1.165, 1.54) is 0 Å². The third-order valence-electron chi connectivity index (χ3n) is 2.59. The summed E-state index contributed by atoms with van der Waals surface area (Å²) in [5.41, 5.74) is 0. The Morgan fingerprint density at radius 2 is 2.33 bits per heavy atom. The van der Waals surface area contributed by atoms with Crippen molar-refractivity contribution in [1.29, 1.82) is 0 Å². The lowest BCUT2D eigenvalue weighted by Crippen LogP contribution is -2.45. The molecule has 5 heteroatoms. The van der Waals surface area contributed by atoms with Gasteiger partial charge in [-0.25, -0.2) is 0 Å². The van der Waals surface area contributed by atoms with Crippen LogP contribution in [0.25, 0.3) is 0 Å². The molecule has 2 heterocycles. The van der Waals surface area contributed by atoms with Gasteiger partial charge < -0.3 is 10.1 Å². The summed E-state index contributed by atoms with van der Waals surface area (Å²) in [6, 6.07) is 0.479. The largest absolute Gasteiger partial charge is 0.379 e. The summed E-state index contributed by atoms with van der Waals surface area (Å²) in [5, 5.41) is 4.58. The second-order valence-corrected chi connectivity index (χ2v) is 5.08. The molecule has 0 aromatic carbocycles. The van der Waals surface area contributed by atoms with Gasteiger partial charge in [-0.1, -0.05) is 11.8 Å². The number of ether oxygens (including phenoxy) is 1. The van der Waals surface area contributed by atoms with E-state index < -0.39 is 0 Å². The van der Waals surface area contributed by atoms with Crippen molar-refractivity contribution in [3.63, 3.8) is 0 Å². The molecular formula is C10H19N3OS. The minimum absolute atomic E-state index is 0.479. The maximum Gasteiger partial charge on any atom is 0.156 e. The predicted octanol–water partition coefficient (Wildman–Crippen LogP) is 0.400. The van der Waals surface area contributed by atoms with Crippen molar-refractivity contribution in [3.8, 4) is 0 Å². The van der Waals surface area contributed by atoms with Crippen molar-refractivity contribution >= 4 is 16.9 Å². The Labute approximate surface area is 95.5 Å². The van der Waals surface area contributed by atoms with Crippen LogP contribution in [0.3, 0.4) is 0 Å². The molecule has 0 aromatic heterocycles. The van der Waals surface area contributed by atoms with Gasteiger partial charge in [-0.05, 0) is 6.92 Å². The van der Waals surface area contributed by atoms with Gasteiger partial charge in [0.2, 0.25) is 0 Å². The van der Waals surface area contributed by atoms with Gasteiger partial charge in [0.1, 0.15) is 0 Å². The summed E-state index contributed by atoms with van der Waals surface area (Å²) in [6.07, 6.45) is 0. The highest BCUT2D eigenvalue weighted by molar-refractivity contribution is 8.14. The Bertz CT molecular complexity index is 229. The van der Waals surface area contributed by atoms with Crippen molar-refractivity contribution in [2.24, 2.45) is 4.99 Å². The molecule has 0 spiro atoms. The minimum atomic E-state index is 0.479. The number of nitrogens with zero attached hydrogens (tertiary/aromatic N) is 2. The molecule has 0 saturated carbocycles. The molecule has 4 nitrogen and oxygen atoms in total. The lowest BCUT2D eigenvalue weighted by molar-refractivity contribution is 0.0353. The van der Waals surface area contributed by atoms with Crippen LogP contribution < -0.4 is 5.32 Å². The minimum Gasteiger partial charge on any atom is -0.379 e. The van der Waals surface area contributed by atoms with E-state index in [9.17, 15) is 0 Å². The van der Waals surface area contributed by atoms with Gasteiger partial charge in [0.05, 0.1) is 19.8 Å². The molecule has 0 radical (unpaired) electrons. The third kappa shape index (κ3) is 3.66. The molecule has 2 rings (SSSR count). The van der Waals surface area contributed by atoms with Crippen LogP contribution in [0.1, 0.15) is 6.92 Å². The van der Waals surface area contributed by atoms with Crippen molar-refractivity contribution < 1.29 is 4.74 Å². The first-order valence-corrected chi connectivity index (χ1v) is 6.57. The van der Waals surface area contributed by atoms with E-state index in [0.717, 1.165) is 50.3 Å². The van der Waals surface area contributed by atoms with Crippen LogP contribution in [0, 0.1) is 0 Å². The Kier molecular flexibility index (Phi) is 4.29. The summed E-state index contributed by atoms with van der Waals surface area (Å²) in [6.45, 7) is 8.15. The summed E-state index contributed by atoms with van der Waals surface area (Å²) in [4.78, 5) is 6.84. The van der Waals surface area contributed by atoms with Gasteiger partial charge in [0.15, 0.2) is 5.17 Å². The van der Waals surface area contributed by atoms with Crippen LogP contribution >= 0.6 is 11.8 Å². The van der Waals surface area contributed by atoms with Crippen molar-refractivity contribution in [1.82, 2.24) is 10.2 Å². The molecule has 1 saturated heterocycles. The maximum absolute atomic E-state index is 5.32. The highest BCUT2D eigenvalue weighted by Crippen LogP contribution is 2.10. The molecule has 1 atom stereocenters. The number of hydrogen-bond donors (Lipinski definition) is 1. The number of nitrogens with one attached hydrogen (secondary N) is 1. The molecule has 86 valence electrons. The number of rotatable bonds is 3. The fraction of sp³-hybridized carbons (Fsp3) is 0.900. The van der Waals surface area contributed by atoms with E-state index >= 15 is 0 Å². The highest BCUT2D eigenvalue weighted by atomic mass is 32.2. The Balaban J connectivity index is 1.68. The van der Waals surface area contributed by atoms with E-state index in [-0.39, 0.29) is 0 Å². The molecule has 15 heavy (non-hydrogen) atoms. The quantitative estimate of drug-likeness (QED) is 0.760. The van der Waals surface area contributed by atoms with Crippen LogP contribution in [0.5, 0.6) is 0 Å². The van der Waals surface area contributed by atoms with Crippen LogP contribution in [0.2, 0.25) is 0 Å². The Morgan fingerprint density at radius 1 is 1.53 bits per heavy atom. The van der Waals surface area contributed by atoms with E-state index in [1.807, 2.05) is 11.8 Å². The van der Waals surface area contributed by atoms with Crippen LogP contribution in [-0.2, 0) is 4.74 Å². The number of hydrogen-bond acceptors (Lipinski definition) is 5. The van der Waals surface area contributed by atoms with Gasteiger partial charge in [0.25, 0.3) is 0 Å². The highest BCUT2D eigenvalue weighted by Gasteiger charge is 2.15. The standard InChI is InChI=1S/C10H19N3OS/c1-9(12-10-11-2-7-15-10)8-13-3-5-14-6-4-13/h9H,2-8H2,1H3,(H,11,12). The SMILES string of the molecule is CC(CN1CCOCC1)NC1=NCCS1. The molecule has 0 amide bonds. The Morgan fingerprint density at radius 3 is 3.00 bits per heavy atom. The molecular weight excluding hydrogens is 210 g/mol. The van der Waals surface area contributed by atoms with E-state index in [2.05, 4.69) is 22.1 Å². The average Bonchev–Trinajstić information content (AvgIpc) is 2.71. The van der Waals surface area contributed by atoms with Crippen LogP contribution in [0.15, 0.2) is 4.99 Å². The molecule has 1 unspecified atom stereocenters. The lowest BCUT2D eigenvalue weighted by atomic mass is 10.3. The summed E-state index contributed by atoms with van der Waals surface area (Å²) >= 11 is 1.83. The van der Waals surface area contributed by atoms with Gasteiger partial charge >= 0.3 is 0 Å². The Hall–Kier alpha value is -0.260. The average molecular weight is 229 g/mol. The first-order valence-electron chi connectivity index (χ1n) is 5.58. The normalized spacial score (nSPS) is 25.0. The fourth-order valence-corrected chi connectivity index (χ4v) is 2.69. The third-order valence-corrected chi connectivity index (χ3v) is 3.50. The van der Waals surface area contributed by atoms with Gasteiger partial charge in [-0.2, -0.15) is 0 Å². The number of morpholine rings is 1. The zero-order chi connectivity index (χ0) is 10.5. The first-order chi connectivity index (χ1) is 7.34. The van der Waals surface area contributed by atoms with E-state index in [0.29, 0.717) is 6.04 Å². The van der Waals surface area contributed by atoms with Crippen molar-refractivity contribution in [2.75, 3.05) is 45.1 Å². The van der Waals surface area contributed by atoms with Crippen LogP contribution in [-0.4, -0.2) is 61.3 Å². The molecule has 2 aliphatic rings. The zero-order valence-electron chi connectivity index (χ0n) is 9.24. The maximum atomic E-state index is 5.32. The smallest absolute Gasteiger partial charge is 0.156 e. The molecule has 1 fully saturated rings. The summed E-state index contributed by atoms with van der Waals surface area (Å²) < 4.78 is 5.32. The molecule has 0 bridgehead atoms. The predicted molar refractivity (Wildman–Crippen MR) is 64.6 cm³/mol. The van der Waals surface area contributed by atoms with Crippen molar-refractivity contribution in [2.45, 2.75) is 13.0 Å². The van der Waals surface area contributed by atoms with Crippen LogP contribution in [0.4, 0.5) is 0 Å². The molecule has 1 N–H and O–H groups in total. The van der Waals surface area contributed by atoms with Crippen molar-refractivity contribution in [3.05, 3.63) is 0 Å². The topological polar surface area (TPSA) is 36.9 Å². The second kappa shape index (κ2) is 5.72. The molecule has 0 aromatic rings. The molecule has 0 aliphatic carbocycles. The lowest BCUT2D eigenvalue weighted by Gasteiger charge is -2.29. The van der Waals surface area contributed by atoms with Gasteiger partial charge in [-0.15, -0.1) is 0 Å². The van der Waals surface area contributed by atoms with Gasteiger partial charge in [-0.3, -0.25) is 9.89 Å². The van der Waals surface area contributed by atoms with E-state index in [4.69, 9.17) is 4.74 Å². The number of aliphatic imine (C=N–C) groups is 1. The monoisotopic (exact) mass is 229 g/mol. The summed E-state index contributed by atoms with van der Waals surface area (Å²) in [7, 11) is 0. The second-order valence-electron chi connectivity index (χ2n) is 3.99. The molecule has 2 aliphatic heterocycles. The number of amidine groups is 1. The van der Waals surface area contributed by atoms with E-state index in [1.54, 1.807) is 0 Å².